The number of halogens is 2. The Kier molecular flexibility index (Phi) is 7.75. The molecular formula is C27H28BrClN6O4. The van der Waals surface area contributed by atoms with Gasteiger partial charge in [0.15, 0.2) is 0 Å². The second-order valence-corrected chi connectivity index (χ2v) is 11.6. The first kappa shape index (κ1) is 27.3. The van der Waals surface area contributed by atoms with E-state index in [9.17, 15) is 19.7 Å². The number of nitro benzene ring substituents is 1. The lowest BCUT2D eigenvalue weighted by atomic mass is 10.1. The van der Waals surface area contributed by atoms with Crippen LogP contribution in [0.1, 0.15) is 41.0 Å². The molecule has 204 valence electrons. The number of hydrogen-bond donors (Lipinski definition) is 2. The fourth-order valence-electron chi connectivity index (χ4n) is 5.47. The lowest BCUT2D eigenvalue weighted by molar-refractivity contribution is -0.384. The Morgan fingerprint density at radius 2 is 1.79 bits per heavy atom. The quantitative estimate of drug-likeness (QED) is 0.315. The van der Waals surface area contributed by atoms with Crippen LogP contribution in [0.25, 0.3) is 10.8 Å². The number of rotatable bonds is 5. The highest BCUT2D eigenvalue weighted by atomic mass is 79.9. The van der Waals surface area contributed by atoms with Crippen molar-refractivity contribution in [3.63, 3.8) is 0 Å². The van der Waals surface area contributed by atoms with Gasteiger partial charge < -0.3 is 20.4 Å². The molecule has 3 aromatic rings. The van der Waals surface area contributed by atoms with Gasteiger partial charge in [0, 0.05) is 77.6 Å². The van der Waals surface area contributed by atoms with E-state index in [0.717, 1.165) is 10.8 Å². The SMILES string of the molecule is C[C@@H]1CN(C(=O)c2cc(Br)cc([N+](=O)[O-])c2N[C@@H]2CCN(C(=O)c3cncc4cc(Cl)ccc34)C2)C[C@H](C)N1. The van der Waals surface area contributed by atoms with Crippen LogP contribution in [0.5, 0.6) is 0 Å². The number of nitrogens with one attached hydrogen (secondary N) is 2. The predicted octanol–water partition coefficient (Wildman–Crippen LogP) is 4.71. The maximum Gasteiger partial charge on any atom is 0.294 e. The molecular weight excluding hydrogens is 588 g/mol. The number of likely N-dealkylation sites (tertiary alicyclic amines) is 1. The molecule has 0 saturated carbocycles. The summed E-state index contributed by atoms with van der Waals surface area (Å²) in [5.74, 6) is -0.446. The smallest absolute Gasteiger partial charge is 0.294 e. The minimum Gasteiger partial charge on any atom is -0.374 e. The number of benzene rings is 2. The molecule has 2 N–H and O–H groups in total. The van der Waals surface area contributed by atoms with E-state index in [1.165, 1.54) is 6.07 Å². The number of carbonyl (C=O) groups excluding carboxylic acids is 2. The third kappa shape index (κ3) is 5.70. The van der Waals surface area contributed by atoms with Gasteiger partial charge in [-0.1, -0.05) is 33.6 Å². The fourth-order valence-corrected chi connectivity index (χ4v) is 6.10. The second kappa shape index (κ2) is 11.1. The lowest BCUT2D eigenvalue weighted by Gasteiger charge is -2.36. The van der Waals surface area contributed by atoms with Gasteiger partial charge in [0.25, 0.3) is 17.5 Å². The molecule has 2 aromatic carbocycles. The Morgan fingerprint density at radius 1 is 1.08 bits per heavy atom. The van der Waals surface area contributed by atoms with Gasteiger partial charge in [-0.2, -0.15) is 0 Å². The molecule has 0 radical (unpaired) electrons. The highest BCUT2D eigenvalue weighted by Gasteiger charge is 2.34. The first-order chi connectivity index (χ1) is 18.6. The zero-order valence-corrected chi connectivity index (χ0v) is 23.8. The molecule has 3 atom stereocenters. The number of anilines is 1. The van der Waals surface area contributed by atoms with Crippen molar-refractivity contribution in [2.75, 3.05) is 31.5 Å². The normalized spacial score (nSPS) is 21.3. The molecule has 2 saturated heterocycles. The summed E-state index contributed by atoms with van der Waals surface area (Å²) in [5, 5.41) is 20.8. The van der Waals surface area contributed by atoms with E-state index >= 15 is 0 Å². The van der Waals surface area contributed by atoms with Crippen LogP contribution in [0, 0.1) is 10.1 Å². The highest BCUT2D eigenvalue weighted by molar-refractivity contribution is 9.10. The Labute approximate surface area is 239 Å². The zero-order valence-electron chi connectivity index (χ0n) is 21.5. The highest BCUT2D eigenvalue weighted by Crippen LogP contribution is 2.35. The molecule has 39 heavy (non-hydrogen) atoms. The summed E-state index contributed by atoms with van der Waals surface area (Å²) in [4.78, 5) is 46.3. The summed E-state index contributed by atoms with van der Waals surface area (Å²) >= 11 is 9.45. The van der Waals surface area contributed by atoms with E-state index in [1.54, 1.807) is 46.5 Å². The van der Waals surface area contributed by atoms with Gasteiger partial charge >= 0.3 is 0 Å². The van der Waals surface area contributed by atoms with Crippen LogP contribution in [-0.4, -0.2) is 75.8 Å². The molecule has 2 aliphatic rings. The molecule has 10 nitrogen and oxygen atoms in total. The number of fused-ring (bicyclic) bond motifs is 1. The molecule has 2 fully saturated rings. The summed E-state index contributed by atoms with van der Waals surface area (Å²) in [7, 11) is 0. The van der Waals surface area contributed by atoms with Crippen molar-refractivity contribution in [2.24, 2.45) is 0 Å². The second-order valence-electron chi connectivity index (χ2n) is 10.2. The van der Waals surface area contributed by atoms with Gasteiger partial charge in [-0.25, -0.2) is 0 Å². The Hall–Kier alpha value is -3.28. The van der Waals surface area contributed by atoms with Crippen molar-refractivity contribution in [3.8, 4) is 0 Å². The van der Waals surface area contributed by atoms with Gasteiger partial charge in [-0.05, 0) is 43.9 Å². The van der Waals surface area contributed by atoms with Crippen molar-refractivity contribution in [3.05, 3.63) is 73.5 Å². The number of piperazine rings is 1. The first-order valence-electron chi connectivity index (χ1n) is 12.7. The van der Waals surface area contributed by atoms with Crippen molar-refractivity contribution in [1.82, 2.24) is 20.1 Å². The largest absolute Gasteiger partial charge is 0.374 e. The van der Waals surface area contributed by atoms with E-state index in [1.807, 2.05) is 13.8 Å². The Bertz CT molecular complexity index is 1460. The van der Waals surface area contributed by atoms with E-state index < -0.39 is 4.92 Å². The standard InChI is InChI=1S/C27H28BrClN6O4/c1-15-12-34(13-16(2)31-15)26(36)22-8-18(28)9-24(35(38)39)25(22)32-20-5-6-33(14-20)27(37)23-11-30-10-17-7-19(29)3-4-21(17)23/h3-4,7-11,15-16,20,31-32H,5-6,12-14H2,1-2H3/t15-,16+,20-/m1/s1. The molecule has 2 amide bonds. The van der Waals surface area contributed by atoms with Gasteiger partial charge in [0.05, 0.1) is 16.1 Å². The number of carbonyl (C=O) groups is 2. The van der Waals surface area contributed by atoms with Crippen LogP contribution in [0.15, 0.2) is 47.2 Å². The van der Waals surface area contributed by atoms with Gasteiger partial charge in [-0.15, -0.1) is 0 Å². The topological polar surface area (TPSA) is 121 Å². The summed E-state index contributed by atoms with van der Waals surface area (Å²) in [5.41, 5.74) is 0.686. The molecule has 0 aliphatic carbocycles. The average Bonchev–Trinajstić information content (AvgIpc) is 3.36. The number of nitrogens with zero attached hydrogens (tertiary/aromatic N) is 4. The monoisotopic (exact) mass is 614 g/mol. The lowest BCUT2D eigenvalue weighted by Crippen LogP contribution is -2.55. The predicted molar refractivity (Wildman–Crippen MR) is 153 cm³/mol. The molecule has 2 aliphatic heterocycles. The van der Waals surface area contributed by atoms with Crippen molar-refractivity contribution in [2.45, 2.75) is 38.4 Å². The maximum atomic E-state index is 13.7. The average molecular weight is 616 g/mol. The number of amides is 2. The third-order valence-corrected chi connectivity index (χ3v) is 7.82. The molecule has 0 bridgehead atoms. The molecule has 0 unspecified atom stereocenters. The van der Waals surface area contributed by atoms with Crippen LogP contribution in [0.3, 0.4) is 0 Å². The summed E-state index contributed by atoms with van der Waals surface area (Å²) in [6.45, 7) is 5.79. The third-order valence-electron chi connectivity index (χ3n) is 7.13. The molecule has 12 heteroatoms. The van der Waals surface area contributed by atoms with E-state index in [0.29, 0.717) is 47.7 Å². The molecule has 1 aromatic heterocycles. The van der Waals surface area contributed by atoms with Gasteiger partial charge in [-0.3, -0.25) is 24.7 Å². The summed E-state index contributed by atoms with van der Waals surface area (Å²) in [6, 6.07) is 8.25. The molecule has 0 spiro atoms. The van der Waals surface area contributed by atoms with Crippen molar-refractivity contribution in [1.29, 1.82) is 0 Å². The van der Waals surface area contributed by atoms with Crippen molar-refractivity contribution >= 4 is 61.5 Å². The number of aromatic nitrogens is 1. The first-order valence-corrected chi connectivity index (χ1v) is 13.9. The van der Waals surface area contributed by atoms with Crippen molar-refractivity contribution < 1.29 is 14.5 Å². The number of pyridine rings is 1. The van der Waals surface area contributed by atoms with Crippen LogP contribution < -0.4 is 10.6 Å². The van der Waals surface area contributed by atoms with E-state index in [2.05, 4.69) is 31.5 Å². The summed E-state index contributed by atoms with van der Waals surface area (Å²) in [6.07, 6.45) is 3.78. The summed E-state index contributed by atoms with van der Waals surface area (Å²) < 4.78 is 0.450. The minimum absolute atomic E-state index is 0.102. The maximum absolute atomic E-state index is 13.7. The molecule has 3 heterocycles. The number of hydrogen-bond acceptors (Lipinski definition) is 7. The van der Waals surface area contributed by atoms with E-state index in [-0.39, 0.29) is 46.9 Å². The molecule has 5 rings (SSSR count). The minimum atomic E-state index is -0.488. The van der Waals surface area contributed by atoms with E-state index in [4.69, 9.17) is 11.6 Å². The van der Waals surface area contributed by atoms with Crippen LogP contribution in [0.2, 0.25) is 5.02 Å². The Morgan fingerprint density at radius 3 is 2.51 bits per heavy atom. The van der Waals surface area contributed by atoms with Gasteiger partial charge in [0.2, 0.25) is 0 Å². The van der Waals surface area contributed by atoms with Gasteiger partial charge in [0.1, 0.15) is 5.69 Å². The number of nitro groups is 1. The van der Waals surface area contributed by atoms with Crippen LogP contribution >= 0.6 is 27.5 Å². The van der Waals surface area contributed by atoms with Crippen LogP contribution in [0.4, 0.5) is 11.4 Å². The Balaban J connectivity index is 1.40. The van der Waals surface area contributed by atoms with Crippen LogP contribution in [-0.2, 0) is 0 Å². The fraction of sp³-hybridized carbons (Fsp3) is 0.370. The zero-order chi connectivity index (χ0) is 27.8.